The van der Waals surface area contributed by atoms with Crippen molar-refractivity contribution in [3.05, 3.63) is 72.3 Å². The van der Waals surface area contributed by atoms with E-state index >= 15 is 0 Å². The molecule has 0 radical (unpaired) electrons. The Morgan fingerprint density at radius 2 is 1.69 bits per heavy atom. The topological polar surface area (TPSA) is 84.9 Å². The summed E-state index contributed by atoms with van der Waals surface area (Å²) in [6.07, 6.45) is 1.94. The maximum Gasteiger partial charge on any atom is 0.264 e. The zero-order chi connectivity index (χ0) is 22.7. The number of ether oxygens (including phenoxy) is 2. The maximum atomic E-state index is 13.1. The second-order valence-electron chi connectivity index (χ2n) is 6.91. The molecule has 0 bridgehead atoms. The van der Waals surface area contributed by atoms with Gasteiger partial charge >= 0.3 is 0 Å². The highest BCUT2D eigenvalue weighted by atomic mass is 32.2. The van der Waals surface area contributed by atoms with Crippen LogP contribution in [0.3, 0.4) is 0 Å². The molecule has 4 rings (SSSR count). The number of nitrogens with one attached hydrogen (secondary N) is 1. The van der Waals surface area contributed by atoms with Crippen LogP contribution in [0.5, 0.6) is 11.5 Å². The highest BCUT2D eigenvalue weighted by Crippen LogP contribution is 2.34. The van der Waals surface area contributed by atoms with E-state index in [1.807, 2.05) is 6.26 Å². The molecule has 9 heteroatoms. The van der Waals surface area contributed by atoms with Crippen molar-refractivity contribution in [1.29, 1.82) is 0 Å². The number of fused-ring (bicyclic) bond motifs is 1. The minimum Gasteiger partial charge on any atom is -0.454 e. The van der Waals surface area contributed by atoms with Crippen LogP contribution < -0.4 is 19.1 Å². The quantitative estimate of drug-likeness (QED) is 0.508. The molecule has 166 valence electrons. The second kappa shape index (κ2) is 9.13. The highest BCUT2D eigenvalue weighted by Gasteiger charge is 2.24. The zero-order valence-corrected chi connectivity index (χ0v) is 19.2. The van der Waals surface area contributed by atoms with Crippen LogP contribution in [-0.4, -0.2) is 33.9 Å². The number of carbonyl (C=O) groups excluding carboxylic acids is 1. The monoisotopic (exact) mass is 470 g/mol. The van der Waals surface area contributed by atoms with E-state index in [2.05, 4.69) is 5.32 Å². The van der Waals surface area contributed by atoms with Crippen LogP contribution in [0.2, 0.25) is 0 Å². The number of rotatable bonds is 7. The van der Waals surface area contributed by atoms with E-state index in [1.54, 1.807) is 85.4 Å². The fraction of sp³-hybridized carbons (Fsp3) is 0.174. The summed E-state index contributed by atoms with van der Waals surface area (Å²) in [7, 11) is -3.72. The van der Waals surface area contributed by atoms with E-state index in [1.165, 1.54) is 4.31 Å². The summed E-state index contributed by atoms with van der Waals surface area (Å²) in [5.41, 5.74) is 1.47. The molecule has 1 aliphatic rings. The van der Waals surface area contributed by atoms with E-state index < -0.39 is 10.0 Å². The molecule has 1 heterocycles. The van der Waals surface area contributed by atoms with Crippen LogP contribution >= 0.6 is 11.8 Å². The first kappa shape index (κ1) is 22.0. The third kappa shape index (κ3) is 4.39. The summed E-state index contributed by atoms with van der Waals surface area (Å²) in [4.78, 5) is 13.8. The van der Waals surface area contributed by atoms with Crippen molar-refractivity contribution in [2.75, 3.05) is 29.2 Å². The van der Waals surface area contributed by atoms with Gasteiger partial charge in [0.1, 0.15) is 0 Å². The van der Waals surface area contributed by atoms with Gasteiger partial charge in [0, 0.05) is 28.8 Å². The first-order valence-electron chi connectivity index (χ1n) is 9.90. The largest absolute Gasteiger partial charge is 0.454 e. The predicted octanol–water partition coefficient (Wildman–Crippen LogP) is 4.60. The molecule has 0 unspecified atom stereocenters. The molecule has 1 amide bonds. The number of hydrogen-bond acceptors (Lipinski definition) is 6. The van der Waals surface area contributed by atoms with Crippen molar-refractivity contribution < 1.29 is 22.7 Å². The van der Waals surface area contributed by atoms with Gasteiger partial charge in [-0.25, -0.2) is 8.42 Å². The summed E-state index contributed by atoms with van der Waals surface area (Å²) < 4.78 is 38.2. The van der Waals surface area contributed by atoms with Crippen LogP contribution in [0, 0.1) is 0 Å². The van der Waals surface area contributed by atoms with Gasteiger partial charge in [-0.3, -0.25) is 9.10 Å². The van der Waals surface area contributed by atoms with E-state index in [-0.39, 0.29) is 24.1 Å². The van der Waals surface area contributed by atoms with Gasteiger partial charge in [-0.05, 0) is 73.8 Å². The average Bonchev–Trinajstić information content (AvgIpc) is 3.28. The number of carbonyl (C=O) groups is 1. The SMILES string of the molecule is CCN(c1ccc(C(=O)Nc2ccc3c(c2)OCO3)cc1)S(=O)(=O)c1ccc(SC)cc1. The third-order valence-electron chi connectivity index (χ3n) is 4.98. The molecule has 3 aromatic rings. The second-order valence-corrected chi connectivity index (χ2v) is 9.66. The van der Waals surface area contributed by atoms with Gasteiger partial charge in [-0.1, -0.05) is 0 Å². The number of hydrogen-bond donors (Lipinski definition) is 1. The Balaban J connectivity index is 1.51. The van der Waals surface area contributed by atoms with E-state index in [0.717, 1.165) is 4.90 Å². The Bertz CT molecular complexity index is 1230. The van der Waals surface area contributed by atoms with Gasteiger partial charge in [0.25, 0.3) is 15.9 Å². The average molecular weight is 471 g/mol. The van der Waals surface area contributed by atoms with Gasteiger partial charge in [-0.15, -0.1) is 11.8 Å². The summed E-state index contributed by atoms with van der Waals surface area (Å²) in [5, 5.41) is 2.81. The molecule has 1 N–H and O–H groups in total. The number of amides is 1. The summed E-state index contributed by atoms with van der Waals surface area (Å²) in [5.74, 6) is 0.901. The van der Waals surface area contributed by atoms with Crippen LogP contribution in [0.4, 0.5) is 11.4 Å². The molecule has 7 nitrogen and oxygen atoms in total. The van der Waals surface area contributed by atoms with Crippen LogP contribution in [-0.2, 0) is 10.0 Å². The first-order valence-corrected chi connectivity index (χ1v) is 12.6. The number of benzene rings is 3. The maximum absolute atomic E-state index is 13.1. The Kier molecular flexibility index (Phi) is 6.29. The van der Waals surface area contributed by atoms with Gasteiger partial charge < -0.3 is 14.8 Å². The number of nitrogens with zero attached hydrogens (tertiary/aromatic N) is 1. The standard InChI is InChI=1S/C23H22N2O5S2/c1-3-25(32(27,28)20-11-9-19(31-2)10-12-20)18-7-4-16(5-8-18)23(26)24-17-6-13-21-22(14-17)30-15-29-21/h4-14H,3,15H2,1-2H3,(H,24,26). The lowest BCUT2D eigenvalue weighted by Gasteiger charge is -2.23. The Labute approximate surface area is 191 Å². The number of anilines is 2. The van der Waals surface area contributed by atoms with Crippen LogP contribution in [0.15, 0.2) is 76.5 Å². The van der Waals surface area contributed by atoms with Crippen LogP contribution in [0.25, 0.3) is 0 Å². The molecule has 0 aliphatic carbocycles. The summed E-state index contributed by atoms with van der Waals surface area (Å²) >= 11 is 1.55. The van der Waals surface area contributed by atoms with Gasteiger partial charge in [0.2, 0.25) is 6.79 Å². The predicted molar refractivity (Wildman–Crippen MR) is 125 cm³/mol. The first-order chi connectivity index (χ1) is 15.4. The fourth-order valence-corrected chi connectivity index (χ4v) is 5.20. The molecular weight excluding hydrogens is 448 g/mol. The molecule has 0 fully saturated rings. The van der Waals surface area contributed by atoms with Crippen molar-refractivity contribution in [2.45, 2.75) is 16.7 Å². The lowest BCUT2D eigenvalue weighted by Crippen LogP contribution is -2.30. The van der Waals surface area contributed by atoms with Crippen molar-refractivity contribution in [2.24, 2.45) is 0 Å². The zero-order valence-electron chi connectivity index (χ0n) is 17.6. The van der Waals surface area contributed by atoms with Crippen molar-refractivity contribution in [1.82, 2.24) is 0 Å². The molecule has 0 saturated carbocycles. The molecule has 0 atom stereocenters. The van der Waals surface area contributed by atoms with E-state index in [4.69, 9.17) is 9.47 Å². The van der Waals surface area contributed by atoms with E-state index in [9.17, 15) is 13.2 Å². The van der Waals surface area contributed by atoms with Crippen molar-refractivity contribution >= 4 is 39.1 Å². The fourth-order valence-electron chi connectivity index (χ4n) is 3.32. The highest BCUT2D eigenvalue weighted by molar-refractivity contribution is 7.98. The van der Waals surface area contributed by atoms with E-state index in [0.29, 0.717) is 28.4 Å². The molecule has 1 aliphatic heterocycles. The van der Waals surface area contributed by atoms with Crippen molar-refractivity contribution in [3.63, 3.8) is 0 Å². The van der Waals surface area contributed by atoms with Gasteiger partial charge in [0.05, 0.1) is 10.6 Å². The van der Waals surface area contributed by atoms with Crippen LogP contribution in [0.1, 0.15) is 17.3 Å². The smallest absolute Gasteiger partial charge is 0.264 e. The molecule has 0 aromatic heterocycles. The lowest BCUT2D eigenvalue weighted by molar-refractivity contribution is 0.102. The normalized spacial score (nSPS) is 12.4. The van der Waals surface area contributed by atoms with Gasteiger partial charge in [-0.2, -0.15) is 0 Å². The molecule has 3 aromatic carbocycles. The number of sulfonamides is 1. The summed E-state index contributed by atoms with van der Waals surface area (Å²) in [6.45, 7) is 2.19. The molecule has 32 heavy (non-hydrogen) atoms. The lowest BCUT2D eigenvalue weighted by atomic mass is 10.2. The third-order valence-corrected chi connectivity index (χ3v) is 7.64. The molecular formula is C23H22N2O5S2. The van der Waals surface area contributed by atoms with Gasteiger partial charge in [0.15, 0.2) is 11.5 Å². The minimum atomic E-state index is -3.72. The number of thioether (sulfide) groups is 1. The molecule has 0 saturated heterocycles. The molecule has 0 spiro atoms. The van der Waals surface area contributed by atoms with Crippen molar-refractivity contribution in [3.8, 4) is 11.5 Å². The summed E-state index contributed by atoms with van der Waals surface area (Å²) in [6, 6.07) is 18.4. The minimum absolute atomic E-state index is 0.159. The Hall–Kier alpha value is -3.17. The Morgan fingerprint density at radius 3 is 2.34 bits per heavy atom. The Morgan fingerprint density at radius 1 is 1.00 bits per heavy atom.